The van der Waals surface area contributed by atoms with Crippen molar-refractivity contribution in [3.8, 4) is 0 Å². The molecular weight excluding hydrogens is 226 g/mol. The highest BCUT2D eigenvalue weighted by molar-refractivity contribution is 7.17. The zero-order valence-electron chi connectivity index (χ0n) is 7.24. The fourth-order valence-electron chi connectivity index (χ4n) is 0.799. The maximum Gasteiger partial charge on any atom is 0.261 e. The van der Waals surface area contributed by atoms with E-state index in [0.717, 1.165) is 11.3 Å². The van der Waals surface area contributed by atoms with Crippen LogP contribution < -0.4 is 5.32 Å². The molecule has 3 N–H and O–H groups in total. The first kappa shape index (κ1) is 11.5. The van der Waals surface area contributed by atoms with Gasteiger partial charge in [-0.25, -0.2) is 0 Å². The van der Waals surface area contributed by atoms with Crippen LogP contribution in [0.4, 0.5) is 0 Å². The molecule has 0 saturated carbocycles. The van der Waals surface area contributed by atoms with Crippen molar-refractivity contribution in [3.63, 3.8) is 0 Å². The van der Waals surface area contributed by atoms with Gasteiger partial charge in [0.05, 0.1) is 21.9 Å². The number of aliphatic hydroxyl groups excluding tert-OH is 2. The van der Waals surface area contributed by atoms with Crippen molar-refractivity contribution in [2.75, 3.05) is 13.2 Å². The van der Waals surface area contributed by atoms with Crippen LogP contribution in [-0.2, 0) is 0 Å². The maximum atomic E-state index is 11.3. The summed E-state index contributed by atoms with van der Waals surface area (Å²) < 4.78 is 0.540. The van der Waals surface area contributed by atoms with Crippen LogP contribution in [0.2, 0.25) is 4.34 Å². The molecular formula is C8H10ClNO3S. The summed E-state index contributed by atoms with van der Waals surface area (Å²) in [5, 5.41) is 19.9. The molecule has 4 nitrogen and oxygen atoms in total. The van der Waals surface area contributed by atoms with Gasteiger partial charge in [-0.2, -0.15) is 0 Å². The Morgan fingerprint density at radius 1 is 1.64 bits per heavy atom. The summed E-state index contributed by atoms with van der Waals surface area (Å²) >= 11 is 6.81. The number of carbonyl (C=O) groups excluding carboxylic acids is 1. The van der Waals surface area contributed by atoms with E-state index in [1.807, 2.05) is 0 Å². The fraction of sp³-hybridized carbons (Fsp3) is 0.375. The highest BCUT2D eigenvalue weighted by Crippen LogP contribution is 2.20. The van der Waals surface area contributed by atoms with E-state index in [9.17, 15) is 4.79 Å². The molecule has 78 valence electrons. The largest absolute Gasteiger partial charge is 0.394 e. The van der Waals surface area contributed by atoms with Crippen molar-refractivity contribution < 1.29 is 15.0 Å². The van der Waals surface area contributed by atoms with Gasteiger partial charge in [-0.1, -0.05) is 11.6 Å². The third kappa shape index (κ3) is 3.26. The van der Waals surface area contributed by atoms with Crippen LogP contribution in [0.25, 0.3) is 0 Å². The molecule has 0 aliphatic heterocycles. The van der Waals surface area contributed by atoms with Crippen LogP contribution in [0.5, 0.6) is 0 Å². The monoisotopic (exact) mass is 235 g/mol. The second kappa shape index (κ2) is 5.31. The highest BCUT2D eigenvalue weighted by atomic mass is 35.5. The summed E-state index contributed by atoms with van der Waals surface area (Å²) in [5.41, 5.74) is 0. The quantitative estimate of drug-likeness (QED) is 0.711. The molecule has 0 aliphatic carbocycles. The lowest BCUT2D eigenvalue weighted by atomic mass is 10.3. The summed E-state index contributed by atoms with van der Waals surface area (Å²) in [5.74, 6) is -0.297. The van der Waals surface area contributed by atoms with Gasteiger partial charge in [0, 0.05) is 6.54 Å². The topological polar surface area (TPSA) is 69.6 Å². The first-order valence-corrected chi connectivity index (χ1v) is 5.15. The van der Waals surface area contributed by atoms with Crippen molar-refractivity contribution in [2.45, 2.75) is 6.10 Å². The first-order chi connectivity index (χ1) is 6.63. The summed E-state index contributed by atoms with van der Waals surface area (Å²) in [6.45, 7) is -0.337. The van der Waals surface area contributed by atoms with E-state index in [0.29, 0.717) is 9.21 Å². The molecule has 0 unspecified atom stereocenters. The number of amides is 1. The average Bonchev–Trinajstić information content (AvgIpc) is 2.60. The van der Waals surface area contributed by atoms with Crippen LogP contribution in [-0.4, -0.2) is 35.4 Å². The Bertz CT molecular complexity index is 315. The fourth-order valence-corrected chi connectivity index (χ4v) is 1.76. The van der Waals surface area contributed by atoms with Crippen LogP contribution in [0.3, 0.4) is 0 Å². The van der Waals surface area contributed by atoms with Gasteiger partial charge >= 0.3 is 0 Å². The van der Waals surface area contributed by atoms with Crippen LogP contribution in [0.1, 0.15) is 9.67 Å². The summed E-state index contributed by atoms with van der Waals surface area (Å²) in [7, 11) is 0. The normalized spacial score (nSPS) is 12.5. The minimum Gasteiger partial charge on any atom is -0.394 e. The number of hydrogen-bond donors (Lipinski definition) is 3. The molecule has 1 aromatic heterocycles. The van der Waals surface area contributed by atoms with Crippen molar-refractivity contribution in [3.05, 3.63) is 21.3 Å². The molecule has 1 heterocycles. The molecule has 1 amide bonds. The third-order valence-electron chi connectivity index (χ3n) is 1.51. The lowest BCUT2D eigenvalue weighted by molar-refractivity contribution is 0.0804. The van der Waals surface area contributed by atoms with Crippen LogP contribution >= 0.6 is 22.9 Å². The molecule has 14 heavy (non-hydrogen) atoms. The third-order valence-corrected chi connectivity index (χ3v) is 2.74. The van der Waals surface area contributed by atoms with Gasteiger partial charge < -0.3 is 15.5 Å². The van der Waals surface area contributed by atoms with E-state index in [-0.39, 0.29) is 19.1 Å². The molecule has 0 aliphatic rings. The lowest BCUT2D eigenvalue weighted by Crippen LogP contribution is -2.33. The van der Waals surface area contributed by atoms with E-state index in [2.05, 4.69) is 5.32 Å². The molecule has 1 rings (SSSR count). The van der Waals surface area contributed by atoms with Crippen molar-refractivity contribution in [2.24, 2.45) is 0 Å². The van der Waals surface area contributed by atoms with Gasteiger partial charge in [0.15, 0.2) is 0 Å². The van der Waals surface area contributed by atoms with Gasteiger partial charge in [0.2, 0.25) is 0 Å². The Morgan fingerprint density at radius 2 is 2.36 bits per heavy atom. The van der Waals surface area contributed by atoms with Gasteiger partial charge in [-0.05, 0) is 12.1 Å². The summed E-state index contributed by atoms with van der Waals surface area (Å²) in [4.78, 5) is 11.8. The molecule has 0 fully saturated rings. The number of carbonyl (C=O) groups is 1. The second-order valence-corrected chi connectivity index (χ2v) is 4.37. The lowest BCUT2D eigenvalue weighted by Gasteiger charge is -2.07. The maximum absolute atomic E-state index is 11.3. The number of halogens is 1. The van der Waals surface area contributed by atoms with Gasteiger partial charge in [0.25, 0.3) is 5.91 Å². The molecule has 0 radical (unpaired) electrons. The zero-order valence-corrected chi connectivity index (χ0v) is 8.81. The zero-order chi connectivity index (χ0) is 10.6. The molecule has 6 heteroatoms. The molecule has 0 bridgehead atoms. The molecule has 0 spiro atoms. The van der Waals surface area contributed by atoms with Crippen LogP contribution in [0, 0.1) is 0 Å². The Morgan fingerprint density at radius 3 is 2.86 bits per heavy atom. The number of hydrogen-bond acceptors (Lipinski definition) is 4. The van der Waals surface area contributed by atoms with Gasteiger partial charge in [-0.3, -0.25) is 4.79 Å². The van der Waals surface area contributed by atoms with E-state index in [4.69, 9.17) is 21.8 Å². The predicted molar refractivity (Wildman–Crippen MR) is 54.8 cm³/mol. The second-order valence-electron chi connectivity index (χ2n) is 2.65. The van der Waals surface area contributed by atoms with Crippen molar-refractivity contribution >= 4 is 28.8 Å². The molecule has 1 atom stereocenters. The first-order valence-electron chi connectivity index (χ1n) is 3.96. The highest BCUT2D eigenvalue weighted by Gasteiger charge is 2.09. The van der Waals surface area contributed by atoms with E-state index in [1.54, 1.807) is 12.1 Å². The minimum atomic E-state index is -0.922. The van der Waals surface area contributed by atoms with E-state index >= 15 is 0 Å². The number of rotatable bonds is 4. The van der Waals surface area contributed by atoms with Crippen LogP contribution in [0.15, 0.2) is 12.1 Å². The SMILES string of the molecule is O=C(NC[C@@H](O)CO)c1ccc(Cl)s1. The Kier molecular flexibility index (Phi) is 4.34. The van der Waals surface area contributed by atoms with E-state index < -0.39 is 6.10 Å². The number of thiophene rings is 1. The van der Waals surface area contributed by atoms with Gasteiger partial charge in [0.1, 0.15) is 0 Å². The minimum absolute atomic E-state index is 0.0326. The van der Waals surface area contributed by atoms with Crippen molar-refractivity contribution in [1.82, 2.24) is 5.32 Å². The van der Waals surface area contributed by atoms with Crippen molar-refractivity contribution in [1.29, 1.82) is 0 Å². The van der Waals surface area contributed by atoms with E-state index in [1.165, 1.54) is 0 Å². The number of nitrogens with one attached hydrogen (secondary N) is 1. The van der Waals surface area contributed by atoms with Gasteiger partial charge in [-0.15, -0.1) is 11.3 Å². The molecule has 0 saturated heterocycles. The average molecular weight is 236 g/mol. The standard InChI is InChI=1S/C8H10ClNO3S/c9-7-2-1-6(14-7)8(13)10-3-5(12)4-11/h1-2,5,11-12H,3-4H2,(H,10,13)/t5-/m1/s1. The Labute approximate surface area is 90.1 Å². The predicted octanol–water partition coefficient (Wildman–Crippen LogP) is 0.484. The number of aliphatic hydroxyl groups is 2. The molecule has 1 aromatic rings. The smallest absolute Gasteiger partial charge is 0.261 e. The Balaban J connectivity index is 2.43. The Hall–Kier alpha value is -0.620. The summed E-state index contributed by atoms with van der Waals surface area (Å²) in [6.07, 6.45) is -0.922. The summed E-state index contributed by atoms with van der Waals surface area (Å²) in [6, 6.07) is 3.23. The molecule has 0 aromatic carbocycles.